The minimum Gasteiger partial charge on any atom is -0.478 e. The monoisotopic (exact) mass is 385 g/mol. The topological polar surface area (TPSA) is 97.4 Å². The first-order chi connectivity index (χ1) is 13.3. The Morgan fingerprint density at radius 3 is 2.50 bits per heavy atom. The van der Waals surface area contributed by atoms with Gasteiger partial charge in [0.05, 0.1) is 24.3 Å². The van der Waals surface area contributed by atoms with E-state index in [1.54, 1.807) is 23.7 Å². The van der Waals surface area contributed by atoms with Gasteiger partial charge in [-0.15, -0.1) is 0 Å². The van der Waals surface area contributed by atoms with Crippen molar-refractivity contribution in [2.45, 2.75) is 33.7 Å². The maximum Gasteiger partial charge on any atom is 0.339 e. The van der Waals surface area contributed by atoms with Gasteiger partial charge in [0.2, 0.25) is 5.91 Å². The number of carboxylic acids is 1. The number of rotatable bonds is 6. The van der Waals surface area contributed by atoms with Crippen LogP contribution in [-0.2, 0) is 17.8 Å². The molecule has 1 amide bonds. The van der Waals surface area contributed by atoms with Gasteiger partial charge in [0.25, 0.3) is 0 Å². The molecule has 0 unspecified atom stereocenters. The second kappa shape index (κ2) is 7.67. The minimum absolute atomic E-state index is 0.0801. The molecular formula is C20H20FN3O4. The lowest BCUT2D eigenvalue weighted by Crippen LogP contribution is -2.24. The zero-order valence-corrected chi connectivity index (χ0v) is 15.7. The maximum atomic E-state index is 13.1. The number of carbonyl (C=O) groups is 2. The number of nitrogens with one attached hydrogen (secondary N) is 1. The Hall–Kier alpha value is -3.42. The molecule has 0 saturated carbocycles. The van der Waals surface area contributed by atoms with Gasteiger partial charge in [-0.3, -0.25) is 4.79 Å². The molecule has 8 heteroatoms. The van der Waals surface area contributed by atoms with Crippen molar-refractivity contribution in [1.82, 2.24) is 15.1 Å². The van der Waals surface area contributed by atoms with Crippen LogP contribution in [0.1, 0.15) is 38.8 Å². The Labute approximate surface area is 160 Å². The van der Waals surface area contributed by atoms with Gasteiger partial charge in [-0.25, -0.2) is 13.9 Å². The van der Waals surface area contributed by atoms with E-state index < -0.39 is 5.97 Å². The molecule has 0 spiro atoms. The first-order valence-corrected chi connectivity index (χ1v) is 8.66. The average Bonchev–Trinajstić information content (AvgIpc) is 3.15. The van der Waals surface area contributed by atoms with Crippen molar-refractivity contribution in [1.29, 1.82) is 0 Å². The van der Waals surface area contributed by atoms with E-state index in [-0.39, 0.29) is 30.3 Å². The largest absolute Gasteiger partial charge is 0.478 e. The normalized spacial score (nSPS) is 10.9. The molecule has 0 atom stereocenters. The smallest absolute Gasteiger partial charge is 0.339 e. The van der Waals surface area contributed by atoms with Gasteiger partial charge in [0.1, 0.15) is 22.9 Å². The van der Waals surface area contributed by atoms with Crippen LogP contribution in [0.15, 0.2) is 34.7 Å². The quantitative estimate of drug-likeness (QED) is 0.680. The summed E-state index contributed by atoms with van der Waals surface area (Å²) in [4.78, 5) is 23.4. The van der Waals surface area contributed by atoms with Crippen molar-refractivity contribution in [3.63, 3.8) is 0 Å². The van der Waals surface area contributed by atoms with Crippen LogP contribution in [0.25, 0.3) is 5.69 Å². The highest BCUT2D eigenvalue weighted by Crippen LogP contribution is 2.19. The van der Waals surface area contributed by atoms with Crippen LogP contribution in [0.2, 0.25) is 0 Å². The number of nitrogens with zero attached hydrogens (tertiary/aromatic N) is 2. The Bertz CT molecular complexity index is 1030. The molecule has 0 aliphatic carbocycles. The van der Waals surface area contributed by atoms with Gasteiger partial charge < -0.3 is 14.8 Å². The standard InChI is InChI=1S/C20H20FN3O4/c1-11-17(12(2)24(23-11)15-6-4-14(21)5-7-15)9-19(25)22-10-16-8-18(20(26)27)13(3)28-16/h4-8H,9-10H2,1-3H3,(H,22,25)(H,26,27). The summed E-state index contributed by atoms with van der Waals surface area (Å²) in [7, 11) is 0. The third-order valence-corrected chi connectivity index (χ3v) is 4.51. The van der Waals surface area contributed by atoms with Crippen molar-refractivity contribution >= 4 is 11.9 Å². The molecule has 0 fully saturated rings. The molecule has 28 heavy (non-hydrogen) atoms. The summed E-state index contributed by atoms with van der Waals surface area (Å²) in [5.74, 6) is -0.971. The lowest BCUT2D eigenvalue weighted by atomic mass is 10.1. The number of furan rings is 1. The highest BCUT2D eigenvalue weighted by atomic mass is 19.1. The van der Waals surface area contributed by atoms with Crippen molar-refractivity contribution in [2.75, 3.05) is 0 Å². The summed E-state index contributed by atoms with van der Waals surface area (Å²) < 4.78 is 20.2. The van der Waals surface area contributed by atoms with Crippen molar-refractivity contribution in [2.24, 2.45) is 0 Å². The lowest BCUT2D eigenvalue weighted by Gasteiger charge is -2.06. The Morgan fingerprint density at radius 2 is 1.89 bits per heavy atom. The summed E-state index contributed by atoms with van der Waals surface area (Å²) in [5.41, 5.74) is 3.07. The Balaban J connectivity index is 1.70. The summed E-state index contributed by atoms with van der Waals surface area (Å²) in [6.07, 6.45) is 0.115. The molecule has 7 nitrogen and oxygen atoms in total. The number of carbonyl (C=O) groups excluding carboxylic acids is 1. The van der Waals surface area contributed by atoms with Crippen LogP contribution in [0.5, 0.6) is 0 Å². The van der Waals surface area contributed by atoms with E-state index in [4.69, 9.17) is 9.52 Å². The molecular weight excluding hydrogens is 365 g/mol. The van der Waals surface area contributed by atoms with Crippen LogP contribution in [0.3, 0.4) is 0 Å². The summed E-state index contributed by atoms with van der Waals surface area (Å²) >= 11 is 0. The van der Waals surface area contributed by atoms with Crippen molar-refractivity contribution < 1.29 is 23.5 Å². The molecule has 3 aromatic rings. The minimum atomic E-state index is -1.07. The van der Waals surface area contributed by atoms with Crippen molar-refractivity contribution in [3.05, 3.63) is 70.2 Å². The van der Waals surface area contributed by atoms with Gasteiger partial charge in [-0.2, -0.15) is 5.10 Å². The second-order valence-electron chi connectivity index (χ2n) is 6.48. The first kappa shape index (κ1) is 19.3. The van der Waals surface area contributed by atoms with E-state index in [1.165, 1.54) is 18.2 Å². The third kappa shape index (κ3) is 3.95. The molecule has 2 N–H and O–H groups in total. The van der Waals surface area contributed by atoms with E-state index in [1.807, 2.05) is 13.8 Å². The molecule has 146 valence electrons. The molecule has 2 heterocycles. The predicted molar refractivity (Wildman–Crippen MR) is 99.0 cm³/mol. The molecule has 0 saturated heterocycles. The van der Waals surface area contributed by atoms with Crippen LogP contribution >= 0.6 is 0 Å². The van der Waals surface area contributed by atoms with Crippen LogP contribution in [-0.4, -0.2) is 26.8 Å². The number of carboxylic acid groups (broad SMARTS) is 1. The van der Waals surface area contributed by atoms with Gasteiger partial charge in [-0.05, 0) is 51.1 Å². The van der Waals surface area contributed by atoms with E-state index in [0.29, 0.717) is 22.9 Å². The highest BCUT2D eigenvalue weighted by Gasteiger charge is 2.17. The number of benzene rings is 1. The predicted octanol–water partition coefficient (Wildman–Crippen LogP) is 3.09. The molecule has 2 aromatic heterocycles. The zero-order valence-electron chi connectivity index (χ0n) is 15.7. The van der Waals surface area contributed by atoms with Crippen LogP contribution in [0.4, 0.5) is 4.39 Å². The number of halogens is 1. The highest BCUT2D eigenvalue weighted by molar-refractivity contribution is 5.88. The zero-order chi connectivity index (χ0) is 20.4. The van der Waals surface area contributed by atoms with Crippen LogP contribution in [0, 0.1) is 26.6 Å². The number of amides is 1. The molecule has 0 radical (unpaired) electrons. The fourth-order valence-electron chi connectivity index (χ4n) is 3.02. The first-order valence-electron chi connectivity index (χ1n) is 8.66. The van der Waals surface area contributed by atoms with Crippen LogP contribution < -0.4 is 5.32 Å². The number of hydrogen-bond acceptors (Lipinski definition) is 4. The maximum absolute atomic E-state index is 13.1. The van der Waals surface area contributed by atoms with Gasteiger partial charge in [0, 0.05) is 11.3 Å². The molecule has 0 aliphatic rings. The average molecular weight is 385 g/mol. The van der Waals surface area contributed by atoms with E-state index in [0.717, 1.165) is 11.3 Å². The summed E-state index contributed by atoms with van der Waals surface area (Å²) in [6, 6.07) is 7.36. The molecule has 0 bridgehead atoms. The number of aromatic carboxylic acids is 1. The molecule has 1 aromatic carbocycles. The fraction of sp³-hybridized carbons (Fsp3) is 0.250. The lowest BCUT2D eigenvalue weighted by molar-refractivity contribution is -0.120. The number of aryl methyl sites for hydroxylation is 2. The van der Waals surface area contributed by atoms with E-state index >= 15 is 0 Å². The molecule has 0 aliphatic heterocycles. The number of hydrogen-bond donors (Lipinski definition) is 2. The second-order valence-corrected chi connectivity index (χ2v) is 6.48. The van der Waals surface area contributed by atoms with Crippen molar-refractivity contribution in [3.8, 4) is 5.69 Å². The molecule has 3 rings (SSSR count). The Kier molecular flexibility index (Phi) is 5.30. The third-order valence-electron chi connectivity index (χ3n) is 4.51. The summed E-state index contributed by atoms with van der Waals surface area (Å²) in [5, 5.41) is 16.2. The Morgan fingerprint density at radius 1 is 1.21 bits per heavy atom. The number of aromatic nitrogens is 2. The van der Waals surface area contributed by atoms with Gasteiger partial charge >= 0.3 is 5.97 Å². The van der Waals surface area contributed by atoms with Gasteiger partial charge in [-0.1, -0.05) is 0 Å². The summed E-state index contributed by atoms with van der Waals surface area (Å²) in [6.45, 7) is 5.31. The SMILES string of the molecule is Cc1nn(-c2ccc(F)cc2)c(C)c1CC(=O)NCc1cc(C(=O)O)c(C)o1. The van der Waals surface area contributed by atoms with E-state index in [9.17, 15) is 14.0 Å². The fourth-order valence-corrected chi connectivity index (χ4v) is 3.02. The van der Waals surface area contributed by atoms with E-state index in [2.05, 4.69) is 10.4 Å². The van der Waals surface area contributed by atoms with Gasteiger partial charge in [0.15, 0.2) is 0 Å².